The smallest absolute Gasteiger partial charge is 0.231 e. The average molecular weight is 288 g/mol. The Kier molecular flexibility index (Phi) is 7.43. The third-order valence-corrected chi connectivity index (χ3v) is 2.79. The third-order valence-electron chi connectivity index (χ3n) is 2.62. The van der Waals surface area contributed by atoms with E-state index in [1.807, 2.05) is 11.9 Å². The maximum Gasteiger partial charge on any atom is 0.231 e. The van der Waals surface area contributed by atoms with Gasteiger partial charge in [0, 0.05) is 26.7 Å². The highest BCUT2D eigenvalue weighted by Gasteiger charge is 2.08. The molecular weight excluding hydrogens is 266 g/mol. The zero-order valence-corrected chi connectivity index (χ0v) is 12.3. The van der Waals surface area contributed by atoms with Gasteiger partial charge in [-0.25, -0.2) is 0 Å². The Morgan fingerprint density at radius 3 is 2.68 bits per heavy atom. The predicted molar refractivity (Wildman–Crippen MR) is 77.8 cm³/mol. The summed E-state index contributed by atoms with van der Waals surface area (Å²) in [5.41, 5.74) is 0. The van der Waals surface area contributed by atoms with Crippen LogP contribution in [0.1, 0.15) is 32.6 Å². The van der Waals surface area contributed by atoms with Crippen LogP contribution in [0.4, 0.5) is 11.9 Å². The molecule has 0 amide bonds. The van der Waals surface area contributed by atoms with Gasteiger partial charge in [-0.05, 0) is 37.3 Å². The maximum absolute atomic E-state index is 8.73. The van der Waals surface area contributed by atoms with Crippen LogP contribution in [0.5, 0.6) is 0 Å². The van der Waals surface area contributed by atoms with E-state index in [1.54, 1.807) is 0 Å². The molecule has 19 heavy (non-hydrogen) atoms. The zero-order chi connectivity index (χ0) is 14.1. The van der Waals surface area contributed by atoms with Gasteiger partial charge in [0.05, 0.1) is 0 Å². The summed E-state index contributed by atoms with van der Waals surface area (Å²) in [5, 5.41) is 12.0. The standard InChI is InChI=1S/C12H22ClN5O/c1-3-7-14-11-15-10(13)16-12(17-11)18(2)8-5-4-6-9-19/h19H,3-9H2,1-2H3,(H,14,15,16,17). The Balaban J connectivity index is 2.57. The van der Waals surface area contributed by atoms with Gasteiger partial charge < -0.3 is 15.3 Å². The minimum Gasteiger partial charge on any atom is -0.396 e. The summed E-state index contributed by atoms with van der Waals surface area (Å²) in [7, 11) is 1.92. The lowest BCUT2D eigenvalue weighted by molar-refractivity contribution is 0.283. The summed E-state index contributed by atoms with van der Waals surface area (Å²) < 4.78 is 0. The Hall–Kier alpha value is -1.14. The highest BCUT2D eigenvalue weighted by molar-refractivity contribution is 6.28. The van der Waals surface area contributed by atoms with Crippen molar-refractivity contribution in [3.63, 3.8) is 0 Å². The first-order valence-corrected chi connectivity index (χ1v) is 7.02. The first kappa shape index (κ1) is 15.9. The van der Waals surface area contributed by atoms with Gasteiger partial charge in [-0.3, -0.25) is 0 Å². The van der Waals surface area contributed by atoms with Gasteiger partial charge in [-0.2, -0.15) is 15.0 Å². The monoisotopic (exact) mass is 287 g/mol. The second-order valence-electron chi connectivity index (χ2n) is 4.36. The molecule has 0 fully saturated rings. The van der Waals surface area contributed by atoms with Crippen molar-refractivity contribution in [1.29, 1.82) is 0 Å². The summed E-state index contributed by atoms with van der Waals surface area (Å²) in [6.07, 6.45) is 3.80. The van der Waals surface area contributed by atoms with E-state index in [4.69, 9.17) is 16.7 Å². The van der Waals surface area contributed by atoms with Crippen molar-refractivity contribution < 1.29 is 5.11 Å². The van der Waals surface area contributed by atoms with Crippen molar-refractivity contribution in [2.45, 2.75) is 32.6 Å². The van der Waals surface area contributed by atoms with Gasteiger partial charge in [-0.15, -0.1) is 0 Å². The van der Waals surface area contributed by atoms with Crippen LogP contribution in [0.25, 0.3) is 0 Å². The molecule has 0 radical (unpaired) electrons. The quantitative estimate of drug-likeness (QED) is 0.676. The number of hydrogen-bond acceptors (Lipinski definition) is 6. The molecule has 6 nitrogen and oxygen atoms in total. The molecule has 0 aliphatic carbocycles. The van der Waals surface area contributed by atoms with Crippen LogP contribution in [0.15, 0.2) is 0 Å². The summed E-state index contributed by atoms with van der Waals surface area (Å²) >= 11 is 5.89. The zero-order valence-electron chi connectivity index (χ0n) is 11.6. The first-order valence-electron chi connectivity index (χ1n) is 6.64. The lowest BCUT2D eigenvalue weighted by Crippen LogP contribution is -2.22. The number of nitrogens with one attached hydrogen (secondary N) is 1. The van der Waals surface area contributed by atoms with Crippen molar-refractivity contribution in [2.24, 2.45) is 0 Å². The number of rotatable bonds is 9. The van der Waals surface area contributed by atoms with Gasteiger partial charge in [-0.1, -0.05) is 6.92 Å². The van der Waals surface area contributed by atoms with E-state index >= 15 is 0 Å². The molecule has 1 aromatic rings. The molecule has 0 atom stereocenters. The Morgan fingerprint density at radius 2 is 2.00 bits per heavy atom. The molecule has 1 aromatic heterocycles. The number of hydrogen-bond donors (Lipinski definition) is 2. The van der Waals surface area contributed by atoms with Gasteiger partial charge in [0.1, 0.15) is 0 Å². The summed E-state index contributed by atoms with van der Waals surface area (Å²) in [4.78, 5) is 14.4. The summed E-state index contributed by atoms with van der Waals surface area (Å²) in [5.74, 6) is 1.08. The average Bonchev–Trinajstić information content (AvgIpc) is 2.40. The minimum absolute atomic E-state index is 0.200. The van der Waals surface area contributed by atoms with Crippen LogP contribution in [-0.2, 0) is 0 Å². The highest BCUT2D eigenvalue weighted by Crippen LogP contribution is 2.13. The van der Waals surface area contributed by atoms with Gasteiger partial charge in [0.15, 0.2) is 0 Å². The second-order valence-corrected chi connectivity index (χ2v) is 4.70. The van der Waals surface area contributed by atoms with Crippen LogP contribution in [0, 0.1) is 0 Å². The molecule has 1 rings (SSSR count). The molecular formula is C12H22ClN5O. The highest BCUT2D eigenvalue weighted by atomic mass is 35.5. The van der Waals surface area contributed by atoms with Crippen LogP contribution < -0.4 is 10.2 Å². The van der Waals surface area contributed by atoms with E-state index in [-0.39, 0.29) is 11.9 Å². The SMILES string of the molecule is CCCNc1nc(Cl)nc(N(C)CCCCCO)n1. The molecule has 0 spiro atoms. The Morgan fingerprint density at radius 1 is 1.21 bits per heavy atom. The number of nitrogens with zero attached hydrogens (tertiary/aromatic N) is 4. The van der Waals surface area contributed by atoms with Gasteiger partial charge in [0.25, 0.3) is 0 Å². The topological polar surface area (TPSA) is 74.2 Å². The predicted octanol–water partition coefficient (Wildman–Crippen LogP) is 1.95. The van der Waals surface area contributed by atoms with Crippen LogP contribution in [-0.4, -0.2) is 46.8 Å². The summed E-state index contributed by atoms with van der Waals surface area (Å²) in [6, 6.07) is 0. The molecule has 108 valence electrons. The van der Waals surface area contributed by atoms with E-state index in [2.05, 4.69) is 27.2 Å². The molecule has 0 aliphatic rings. The molecule has 7 heteroatoms. The maximum atomic E-state index is 8.73. The van der Waals surface area contributed by atoms with Crippen LogP contribution >= 0.6 is 11.6 Å². The van der Waals surface area contributed by atoms with Crippen molar-refractivity contribution in [3.8, 4) is 0 Å². The number of aromatic nitrogens is 3. The van der Waals surface area contributed by atoms with Crippen molar-refractivity contribution >= 4 is 23.5 Å². The fourth-order valence-corrected chi connectivity index (χ4v) is 1.72. The molecule has 0 aromatic carbocycles. The summed E-state index contributed by atoms with van der Waals surface area (Å²) in [6.45, 7) is 3.95. The number of aliphatic hydroxyl groups excluding tert-OH is 1. The fraction of sp³-hybridized carbons (Fsp3) is 0.750. The first-order chi connectivity index (χ1) is 9.17. The lowest BCUT2D eigenvalue weighted by Gasteiger charge is -2.17. The van der Waals surface area contributed by atoms with Crippen molar-refractivity contribution in [2.75, 3.05) is 37.0 Å². The second kappa shape index (κ2) is 8.87. The van der Waals surface area contributed by atoms with Crippen molar-refractivity contribution in [3.05, 3.63) is 5.28 Å². The van der Waals surface area contributed by atoms with E-state index in [0.717, 1.165) is 38.8 Å². The normalized spacial score (nSPS) is 10.5. The molecule has 0 saturated heterocycles. The Labute approximate surface area is 119 Å². The number of anilines is 2. The van der Waals surface area contributed by atoms with E-state index in [9.17, 15) is 0 Å². The molecule has 2 N–H and O–H groups in total. The number of halogens is 1. The van der Waals surface area contributed by atoms with E-state index < -0.39 is 0 Å². The van der Waals surface area contributed by atoms with Crippen LogP contribution in [0.2, 0.25) is 5.28 Å². The molecule has 0 aliphatic heterocycles. The fourth-order valence-electron chi connectivity index (χ4n) is 1.56. The molecule has 0 saturated carbocycles. The largest absolute Gasteiger partial charge is 0.396 e. The van der Waals surface area contributed by atoms with E-state index in [0.29, 0.717) is 11.9 Å². The molecule has 1 heterocycles. The van der Waals surface area contributed by atoms with E-state index in [1.165, 1.54) is 0 Å². The molecule has 0 unspecified atom stereocenters. The number of aliphatic hydroxyl groups is 1. The van der Waals surface area contributed by atoms with Crippen molar-refractivity contribution in [1.82, 2.24) is 15.0 Å². The minimum atomic E-state index is 0.200. The van der Waals surface area contributed by atoms with Gasteiger partial charge >= 0.3 is 0 Å². The lowest BCUT2D eigenvalue weighted by atomic mass is 10.2. The van der Waals surface area contributed by atoms with Gasteiger partial charge in [0.2, 0.25) is 17.2 Å². The Bertz CT molecular complexity index is 377. The number of unbranched alkanes of at least 4 members (excludes halogenated alkanes) is 2. The van der Waals surface area contributed by atoms with Crippen LogP contribution in [0.3, 0.4) is 0 Å². The third kappa shape index (κ3) is 6.02. The molecule has 0 bridgehead atoms.